The number of aryl methyl sites for hydroxylation is 2. The van der Waals surface area contributed by atoms with Crippen LogP contribution in [-0.2, 0) is 4.79 Å². The molecule has 5 heteroatoms. The molecule has 0 saturated carbocycles. The molecular formula is C20H32N2O3. The Bertz CT molecular complexity index is 554. The number of nitrogens with zero attached hydrogens (tertiary/aromatic N) is 2. The van der Waals surface area contributed by atoms with Crippen molar-refractivity contribution in [3.05, 3.63) is 29.3 Å². The van der Waals surface area contributed by atoms with Crippen LogP contribution < -0.4 is 4.74 Å². The van der Waals surface area contributed by atoms with E-state index in [1.54, 1.807) is 0 Å². The second-order valence-electron chi connectivity index (χ2n) is 6.98. The molecule has 0 radical (unpaired) electrons. The van der Waals surface area contributed by atoms with Crippen molar-refractivity contribution in [1.29, 1.82) is 0 Å². The van der Waals surface area contributed by atoms with E-state index in [0.29, 0.717) is 6.04 Å². The van der Waals surface area contributed by atoms with Gasteiger partial charge in [0.25, 0.3) is 0 Å². The van der Waals surface area contributed by atoms with E-state index in [-0.39, 0.29) is 6.54 Å². The van der Waals surface area contributed by atoms with E-state index < -0.39 is 5.97 Å². The minimum atomic E-state index is -0.729. The first-order valence-electron chi connectivity index (χ1n) is 9.38. The van der Waals surface area contributed by atoms with Gasteiger partial charge in [-0.1, -0.05) is 13.0 Å². The van der Waals surface area contributed by atoms with E-state index in [1.165, 1.54) is 11.1 Å². The summed E-state index contributed by atoms with van der Waals surface area (Å²) in [5.41, 5.74) is 2.56. The number of benzene rings is 1. The van der Waals surface area contributed by atoms with Crippen LogP contribution in [0, 0.1) is 13.8 Å². The normalized spacial score (nSPS) is 16.3. The Labute approximate surface area is 151 Å². The fraction of sp³-hybridized carbons (Fsp3) is 0.650. The van der Waals surface area contributed by atoms with Crippen LogP contribution in [0.2, 0.25) is 0 Å². The molecule has 0 unspecified atom stereocenters. The molecule has 0 spiro atoms. The lowest BCUT2D eigenvalue weighted by molar-refractivity contribution is -0.139. The highest BCUT2D eigenvalue weighted by atomic mass is 16.5. The summed E-state index contributed by atoms with van der Waals surface area (Å²) in [5, 5.41) is 9.00. The van der Waals surface area contributed by atoms with Crippen molar-refractivity contribution in [2.45, 2.75) is 46.1 Å². The maximum Gasteiger partial charge on any atom is 0.317 e. The first-order valence-corrected chi connectivity index (χ1v) is 9.38. The Morgan fingerprint density at radius 1 is 1.28 bits per heavy atom. The van der Waals surface area contributed by atoms with Crippen LogP contribution in [0.3, 0.4) is 0 Å². The molecule has 0 aromatic heterocycles. The number of hydrogen-bond donors (Lipinski definition) is 1. The van der Waals surface area contributed by atoms with Crippen molar-refractivity contribution >= 4 is 5.97 Å². The van der Waals surface area contributed by atoms with Crippen molar-refractivity contribution in [1.82, 2.24) is 9.80 Å². The second kappa shape index (κ2) is 9.78. The van der Waals surface area contributed by atoms with Crippen LogP contribution in [0.4, 0.5) is 0 Å². The van der Waals surface area contributed by atoms with Crippen LogP contribution in [0.1, 0.15) is 37.3 Å². The van der Waals surface area contributed by atoms with Gasteiger partial charge in [-0.3, -0.25) is 9.69 Å². The Balaban J connectivity index is 1.65. The molecule has 0 bridgehead atoms. The number of carbonyl (C=O) groups is 1. The SMILES string of the molecule is CCN(CC(=O)O)C1CCN(CCCOc2ccc(C)c(C)c2)CC1. The summed E-state index contributed by atoms with van der Waals surface area (Å²) in [4.78, 5) is 15.5. The number of likely N-dealkylation sites (tertiary alicyclic amines) is 1. The molecule has 0 amide bonds. The summed E-state index contributed by atoms with van der Waals surface area (Å²) in [6, 6.07) is 6.65. The fourth-order valence-corrected chi connectivity index (χ4v) is 3.46. The average Bonchev–Trinajstić information content (AvgIpc) is 2.60. The molecule has 5 nitrogen and oxygen atoms in total. The zero-order chi connectivity index (χ0) is 18.2. The van der Waals surface area contributed by atoms with Gasteiger partial charge < -0.3 is 14.7 Å². The number of aliphatic carboxylic acids is 1. The maximum absolute atomic E-state index is 10.9. The predicted molar refractivity (Wildman–Crippen MR) is 100 cm³/mol. The van der Waals surface area contributed by atoms with Gasteiger partial charge in [0.1, 0.15) is 5.75 Å². The average molecular weight is 348 g/mol. The Hall–Kier alpha value is -1.59. The summed E-state index contributed by atoms with van der Waals surface area (Å²) in [7, 11) is 0. The first kappa shape index (κ1) is 19.7. The summed E-state index contributed by atoms with van der Waals surface area (Å²) in [5.74, 6) is 0.224. The maximum atomic E-state index is 10.9. The highest BCUT2D eigenvalue weighted by Crippen LogP contribution is 2.18. The van der Waals surface area contributed by atoms with Gasteiger partial charge in [0.05, 0.1) is 13.2 Å². The highest BCUT2D eigenvalue weighted by molar-refractivity contribution is 5.69. The van der Waals surface area contributed by atoms with Crippen molar-refractivity contribution in [2.24, 2.45) is 0 Å². The number of piperidine rings is 1. The molecule has 1 N–H and O–H groups in total. The molecule has 1 fully saturated rings. The predicted octanol–water partition coefficient (Wildman–Crippen LogP) is 2.94. The number of likely N-dealkylation sites (N-methyl/N-ethyl adjacent to an activating group) is 1. The minimum Gasteiger partial charge on any atom is -0.494 e. The molecule has 140 valence electrons. The van der Waals surface area contributed by atoms with Gasteiger partial charge in [-0.15, -0.1) is 0 Å². The number of ether oxygens (including phenoxy) is 1. The van der Waals surface area contributed by atoms with E-state index in [9.17, 15) is 4.79 Å². The zero-order valence-corrected chi connectivity index (χ0v) is 15.8. The standard InChI is InChI=1S/C20H32N2O3/c1-4-22(15-20(23)24)18-8-11-21(12-9-18)10-5-13-25-19-7-6-16(2)17(3)14-19/h6-7,14,18H,4-5,8-13,15H2,1-3H3,(H,23,24). The van der Waals surface area contributed by atoms with E-state index in [0.717, 1.165) is 57.8 Å². The van der Waals surface area contributed by atoms with Gasteiger partial charge in [0, 0.05) is 12.6 Å². The van der Waals surface area contributed by atoms with Crippen molar-refractivity contribution < 1.29 is 14.6 Å². The van der Waals surface area contributed by atoms with Crippen LogP contribution >= 0.6 is 0 Å². The number of carboxylic acid groups (broad SMARTS) is 1. The van der Waals surface area contributed by atoms with Gasteiger partial charge in [-0.25, -0.2) is 0 Å². The Morgan fingerprint density at radius 3 is 2.60 bits per heavy atom. The highest BCUT2D eigenvalue weighted by Gasteiger charge is 2.24. The van der Waals surface area contributed by atoms with Crippen molar-refractivity contribution in [3.8, 4) is 5.75 Å². The van der Waals surface area contributed by atoms with Crippen molar-refractivity contribution in [3.63, 3.8) is 0 Å². The lowest BCUT2D eigenvalue weighted by Gasteiger charge is -2.37. The van der Waals surface area contributed by atoms with Gasteiger partial charge in [0.15, 0.2) is 0 Å². The number of rotatable bonds is 9. The Kier molecular flexibility index (Phi) is 7.72. The second-order valence-corrected chi connectivity index (χ2v) is 6.98. The fourth-order valence-electron chi connectivity index (χ4n) is 3.46. The van der Waals surface area contributed by atoms with Crippen LogP contribution in [0.5, 0.6) is 5.75 Å². The molecule has 2 rings (SSSR count). The van der Waals surface area contributed by atoms with E-state index >= 15 is 0 Å². The third-order valence-corrected chi connectivity index (χ3v) is 5.18. The number of hydrogen-bond acceptors (Lipinski definition) is 4. The zero-order valence-electron chi connectivity index (χ0n) is 15.8. The van der Waals surface area contributed by atoms with E-state index in [2.05, 4.69) is 35.8 Å². The molecule has 25 heavy (non-hydrogen) atoms. The molecule has 0 atom stereocenters. The third kappa shape index (κ3) is 6.33. The summed E-state index contributed by atoms with van der Waals surface area (Å²) < 4.78 is 5.85. The van der Waals surface area contributed by atoms with E-state index in [4.69, 9.17) is 9.84 Å². The topological polar surface area (TPSA) is 53.0 Å². The van der Waals surface area contributed by atoms with Crippen molar-refractivity contribution in [2.75, 3.05) is 39.3 Å². The molecule has 0 aliphatic carbocycles. The van der Waals surface area contributed by atoms with E-state index in [1.807, 2.05) is 13.0 Å². The quantitative estimate of drug-likeness (QED) is 0.696. The Morgan fingerprint density at radius 2 is 2.00 bits per heavy atom. The molecule has 1 aliphatic rings. The molecule has 1 saturated heterocycles. The molecule has 1 aromatic carbocycles. The van der Waals surface area contributed by atoms with Crippen LogP contribution in [-0.4, -0.2) is 66.2 Å². The molecular weight excluding hydrogens is 316 g/mol. The minimum absolute atomic E-state index is 0.158. The summed E-state index contributed by atoms with van der Waals surface area (Å²) >= 11 is 0. The lowest BCUT2D eigenvalue weighted by atomic mass is 10.0. The first-order chi connectivity index (χ1) is 12.0. The molecule has 1 aromatic rings. The third-order valence-electron chi connectivity index (χ3n) is 5.18. The monoisotopic (exact) mass is 348 g/mol. The van der Waals surface area contributed by atoms with Gasteiger partial charge in [-0.05, 0) is 76.0 Å². The summed E-state index contributed by atoms with van der Waals surface area (Å²) in [6.45, 7) is 11.1. The van der Waals surface area contributed by atoms with Crippen LogP contribution in [0.15, 0.2) is 18.2 Å². The van der Waals surface area contributed by atoms with Gasteiger partial charge in [-0.2, -0.15) is 0 Å². The molecule has 1 heterocycles. The summed E-state index contributed by atoms with van der Waals surface area (Å²) in [6.07, 6.45) is 3.13. The largest absolute Gasteiger partial charge is 0.494 e. The lowest BCUT2D eigenvalue weighted by Crippen LogP contribution is -2.46. The van der Waals surface area contributed by atoms with Gasteiger partial charge >= 0.3 is 5.97 Å². The van der Waals surface area contributed by atoms with Gasteiger partial charge in [0.2, 0.25) is 0 Å². The van der Waals surface area contributed by atoms with Crippen LogP contribution in [0.25, 0.3) is 0 Å². The molecule has 1 aliphatic heterocycles. The number of carboxylic acids is 1. The smallest absolute Gasteiger partial charge is 0.317 e.